The van der Waals surface area contributed by atoms with Gasteiger partial charge in [-0.3, -0.25) is 18.8 Å². The molecule has 1 aromatic carbocycles. The fourth-order valence-corrected chi connectivity index (χ4v) is 2.87. The topological polar surface area (TPSA) is 77.7 Å². The van der Waals surface area contributed by atoms with Crippen molar-refractivity contribution in [2.45, 2.75) is 6.54 Å². The monoisotopic (exact) mass is 346 g/mol. The molecule has 1 aliphatic heterocycles. The highest BCUT2D eigenvalue weighted by atomic mass is 16.5. The second-order valence-electron chi connectivity index (χ2n) is 5.94. The Labute approximate surface area is 145 Å². The third-order valence-electron chi connectivity index (χ3n) is 4.35. The summed E-state index contributed by atoms with van der Waals surface area (Å²) in [6.07, 6.45) is 0. The molecular formula is C17H22N4O4. The van der Waals surface area contributed by atoms with Crippen LogP contribution in [0.1, 0.15) is 5.56 Å². The van der Waals surface area contributed by atoms with Gasteiger partial charge in [-0.2, -0.15) is 0 Å². The number of benzene rings is 1. The minimum absolute atomic E-state index is 0.258. The van der Waals surface area contributed by atoms with Crippen LogP contribution in [-0.2, 0) is 20.6 Å². The summed E-state index contributed by atoms with van der Waals surface area (Å²) in [6, 6.07) is 7.40. The highest BCUT2D eigenvalue weighted by molar-refractivity contribution is 5.45. The van der Waals surface area contributed by atoms with Gasteiger partial charge >= 0.3 is 5.69 Å². The number of rotatable bonds is 5. The van der Waals surface area contributed by atoms with Crippen molar-refractivity contribution >= 4 is 5.82 Å². The van der Waals surface area contributed by atoms with Crippen LogP contribution in [0.3, 0.4) is 0 Å². The Kier molecular flexibility index (Phi) is 4.80. The molecule has 0 bridgehead atoms. The standard InChI is InChI=1S/C17H22N4O4/c1-19-15-14(16(22)20(2)17(19)23)10-21(11-18-15)8-9-25-13-6-4-12(24-3)5-7-13/h4-7,18H,8-11H2,1-3H3. The van der Waals surface area contributed by atoms with Crippen LogP contribution in [0.25, 0.3) is 0 Å². The molecule has 2 aromatic rings. The summed E-state index contributed by atoms with van der Waals surface area (Å²) in [5.41, 5.74) is 0.0132. The van der Waals surface area contributed by atoms with E-state index in [4.69, 9.17) is 9.47 Å². The van der Waals surface area contributed by atoms with E-state index in [0.717, 1.165) is 16.1 Å². The van der Waals surface area contributed by atoms with Crippen molar-refractivity contribution in [2.24, 2.45) is 14.1 Å². The molecule has 0 fully saturated rings. The number of hydrogen-bond acceptors (Lipinski definition) is 6. The van der Waals surface area contributed by atoms with E-state index in [9.17, 15) is 9.59 Å². The van der Waals surface area contributed by atoms with Gasteiger partial charge in [-0.15, -0.1) is 0 Å². The molecule has 0 radical (unpaired) electrons. The third-order valence-corrected chi connectivity index (χ3v) is 4.35. The van der Waals surface area contributed by atoms with E-state index in [1.807, 2.05) is 24.3 Å². The molecule has 8 nitrogen and oxygen atoms in total. The maximum atomic E-state index is 12.3. The Morgan fingerprint density at radius 1 is 1.08 bits per heavy atom. The van der Waals surface area contributed by atoms with Crippen LogP contribution >= 0.6 is 0 Å². The molecule has 0 aliphatic carbocycles. The zero-order chi connectivity index (χ0) is 18.0. The van der Waals surface area contributed by atoms with Gasteiger partial charge in [0, 0.05) is 27.2 Å². The minimum Gasteiger partial charge on any atom is -0.497 e. The van der Waals surface area contributed by atoms with E-state index >= 15 is 0 Å². The minimum atomic E-state index is -0.326. The molecule has 3 rings (SSSR count). The number of aromatic nitrogens is 2. The molecule has 0 amide bonds. The fraction of sp³-hybridized carbons (Fsp3) is 0.412. The first kappa shape index (κ1) is 17.1. The lowest BCUT2D eigenvalue weighted by Crippen LogP contribution is -2.46. The molecule has 25 heavy (non-hydrogen) atoms. The molecule has 1 aliphatic rings. The molecule has 1 aromatic heterocycles. The second-order valence-corrected chi connectivity index (χ2v) is 5.94. The lowest BCUT2D eigenvalue weighted by Gasteiger charge is -2.30. The summed E-state index contributed by atoms with van der Waals surface area (Å²) < 4.78 is 13.5. The van der Waals surface area contributed by atoms with Gasteiger partial charge in [0.15, 0.2) is 0 Å². The van der Waals surface area contributed by atoms with Crippen molar-refractivity contribution in [3.63, 3.8) is 0 Å². The van der Waals surface area contributed by atoms with E-state index in [-0.39, 0.29) is 11.2 Å². The molecule has 0 atom stereocenters. The first-order valence-corrected chi connectivity index (χ1v) is 8.03. The van der Waals surface area contributed by atoms with Crippen LogP contribution in [0.2, 0.25) is 0 Å². The first-order valence-electron chi connectivity index (χ1n) is 8.03. The van der Waals surface area contributed by atoms with E-state index in [1.165, 1.54) is 11.6 Å². The van der Waals surface area contributed by atoms with Gasteiger partial charge in [0.2, 0.25) is 0 Å². The van der Waals surface area contributed by atoms with Gasteiger partial charge < -0.3 is 14.8 Å². The van der Waals surface area contributed by atoms with E-state index in [2.05, 4.69) is 10.2 Å². The quantitative estimate of drug-likeness (QED) is 0.842. The normalized spacial score (nSPS) is 13.9. The van der Waals surface area contributed by atoms with Gasteiger partial charge in [0.05, 0.1) is 19.3 Å². The SMILES string of the molecule is COc1ccc(OCCN2CNc3c(c(=O)n(C)c(=O)n3C)C2)cc1. The van der Waals surface area contributed by atoms with Crippen LogP contribution in [0.4, 0.5) is 5.82 Å². The zero-order valence-corrected chi connectivity index (χ0v) is 14.6. The third kappa shape index (κ3) is 3.39. The summed E-state index contributed by atoms with van der Waals surface area (Å²) in [6.45, 7) is 2.19. The maximum absolute atomic E-state index is 12.3. The molecule has 2 heterocycles. The van der Waals surface area contributed by atoms with E-state index in [0.29, 0.717) is 37.7 Å². The number of methoxy groups -OCH3 is 1. The van der Waals surface area contributed by atoms with E-state index in [1.54, 1.807) is 14.2 Å². The van der Waals surface area contributed by atoms with Crippen LogP contribution in [0.15, 0.2) is 33.9 Å². The molecule has 0 unspecified atom stereocenters. The number of hydrogen-bond donors (Lipinski definition) is 1. The highest BCUT2D eigenvalue weighted by Gasteiger charge is 2.22. The molecule has 134 valence electrons. The van der Waals surface area contributed by atoms with Gasteiger partial charge in [-0.1, -0.05) is 0 Å². The molecular weight excluding hydrogens is 324 g/mol. The average molecular weight is 346 g/mol. The lowest BCUT2D eigenvalue weighted by atomic mass is 10.2. The number of fused-ring (bicyclic) bond motifs is 1. The van der Waals surface area contributed by atoms with Crippen LogP contribution in [-0.4, -0.2) is 41.0 Å². The predicted molar refractivity (Wildman–Crippen MR) is 94.3 cm³/mol. The molecule has 0 spiro atoms. The summed E-state index contributed by atoms with van der Waals surface area (Å²) in [5, 5.41) is 3.16. The van der Waals surface area contributed by atoms with Gasteiger partial charge in [0.25, 0.3) is 5.56 Å². The van der Waals surface area contributed by atoms with Gasteiger partial charge in [-0.05, 0) is 24.3 Å². The number of nitrogens with one attached hydrogen (secondary N) is 1. The Morgan fingerprint density at radius 3 is 2.44 bits per heavy atom. The average Bonchev–Trinajstić information content (AvgIpc) is 2.65. The van der Waals surface area contributed by atoms with Crippen LogP contribution < -0.4 is 26.0 Å². The van der Waals surface area contributed by atoms with Crippen molar-refractivity contribution in [2.75, 3.05) is 32.2 Å². The van der Waals surface area contributed by atoms with Crippen molar-refractivity contribution in [3.8, 4) is 11.5 Å². The Hall–Kier alpha value is -2.74. The summed E-state index contributed by atoms with van der Waals surface area (Å²) >= 11 is 0. The van der Waals surface area contributed by atoms with E-state index < -0.39 is 0 Å². The summed E-state index contributed by atoms with van der Waals surface area (Å²) in [7, 11) is 4.78. The van der Waals surface area contributed by atoms with Crippen molar-refractivity contribution in [3.05, 3.63) is 50.7 Å². The van der Waals surface area contributed by atoms with Crippen LogP contribution in [0, 0.1) is 0 Å². The smallest absolute Gasteiger partial charge is 0.332 e. The van der Waals surface area contributed by atoms with Crippen molar-refractivity contribution in [1.82, 2.24) is 14.0 Å². The highest BCUT2D eigenvalue weighted by Crippen LogP contribution is 2.18. The molecule has 1 N–H and O–H groups in total. The molecule has 8 heteroatoms. The second kappa shape index (κ2) is 7.02. The van der Waals surface area contributed by atoms with Gasteiger partial charge in [0.1, 0.15) is 23.9 Å². The summed E-state index contributed by atoms with van der Waals surface area (Å²) in [5.74, 6) is 2.15. The largest absolute Gasteiger partial charge is 0.497 e. The number of nitrogens with zero attached hydrogens (tertiary/aromatic N) is 3. The molecule has 0 saturated carbocycles. The Morgan fingerprint density at radius 2 is 1.76 bits per heavy atom. The Bertz CT molecular complexity index is 870. The maximum Gasteiger partial charge on any atom is 0.332 e. The van der Waals surface area contributed by atoms with Crippen LogP contribution in [0.5, 0.6) is 11.5 Å². The first-order chi connectivity index (χ1) is 12.0. The van der Waals surface area contributed by atoms with Crippen molar-refractivity contribution < 1.29 is 9.47 Å². The van der Waals surface area contributed by atoms with Crippen molar-refractivity contribution in [1.29, 1.82) is 0 Å². The summed E-state index contributed by atoms with van der Waals surface area (Å²) in [4.78, 5) is 26.4. The predicted octanol–water partition coefficient (Wildman–Crippen LogP) is 0.357. The van der Waals surface area contributed by atoms with Gasteiger partial charge in [-0.25, -0.2) is 4.79 Å². The number of anilines is 1. The number of ether oxygens (including phenoxy) is 2. The fourth-order valence-electron chi connectivity index (χ4n) is 2.87. The lowest BCUT2D eigenvalue weighted by molar-refractivity contribution is 0.205. The molecule has 0 saturated heterocycles. The zero-order valence-electron chi connectivity index (χ0n) is 14.6. The Balaban J connectivity index is 1.63.